The average Bonchev–Trinajstić information content (AvgIpc) is 2.54. The van der Waals surface area contributed by atoms with Gasteiger partial charge in [0.05, 0.1) is 0 Å². The van der Waals surface area contributed by atoms with Gasteiger partial charge in [-0.05, 0) is 25.6 Å². The van der Waals surface area contributed by atoms with Crippen LogP contribution in [0.3, 0.4) is 0 Å². The van der Waals surface area contributed by atoms with Gasteiger partial charge >= 0.3 is 0 Å². The van der Waals surface area contributed by atoms with E-state index in [1.165, 1.54) is 5.56 Å². The number of pyridine rings is 1. The minimum atomic E-state index is 0.0531. The topological polar surface area (TPSA) is 48.5 Å². The number of amides is 1. The number of rotatable bonds is 5. The van der Waals surface area contributed by atoms with E-state index in [1.54, 1.807) is 6.20 Å². The summed E-state index contributed by atoms with van der Waals surface area (Å²) in [4.78, 5) is 20.9. The minimum Gasteiger partial charge on any atom is -0.340 e. The third kappa shape index (κ3) is 4.02. The monoisotopic (exact) mass is 290 g/mol. The fourth-order valence-electron chi connectivity index (χ4n) is 2.87. The van der Waals surface area contributed by atoms with Gasteiger partial charge in [-0.1, -0.05) is 13.0 Å². The van der Waals surface area contributed by atoms with Gasteiger partial charge in [0.1, 0.15) is 0 Å². The summed E-state index contributed by atoms with van der Waals surface area (Å²) in [5.41, 5.74) is 1.24. The highest BCUT2D eigenvalue weighted by molar-refractivity contribution is 5.78. The quantitative estimate of drug-likeness (QED) is 0.883. The summed E-state index contributed by atoms with van der Waals surface area (Å²) in [6, 6.07) is 4.44. The Bertz CT molecular complexity index is 443. The molecule has 1 fully saturated rings. The number of aromatic nitrogens is 1. The second-order valence-electron chi connectivity index (χ2n) is 5.78. The lowest BCUT2D eigenvalue weighted by Crippen LogP contribution is -2.51. The highest BCUT2D eigenvalue weighted by atomic mass is 16.2. The van der Waals surface area contributed by atoms with E-state index in [-0.39, 0.29) is 11.8 Å². The van der Waals surface area contributed by atoms with Crippen LogP contribution in [0.4, 0.5) is 0 Å². The minimum absolute atomic E-state index is 0.0531. The third-order valence-electron chi connectivity index (χ3n) is 4.27. The molecule has 5 heteroatoms. The lowest BCUT2D eigenvalue weighted by Gasteiger charge is -2.39. The first-order valence-electron chi connectivity index (χ1n) is 7.71. The Hall–Kier alpha value is -1.46. The molecule has 1 aromatic rings. The van der Waals surface area contributed by atoms with Crippen LogP contribution in [0.2, 0.25) is 0 Å². The van der Waals surface area contributed by atoms with Crippen LogP contribution >= 0.6 is 0 Å². The molecule has 0 radical (unpaired) electrons. The molecule has 5 nitrogen and oxygen atoms in total. The van der Waals surface area contributed by atoms with Gasteiger partial charge in [0.15, 0.2) is 0 Å². The molecule has 2 heterocycles. The van der Waals surface area contributed by atoms with Gasteiger partial charge in [-0.25, -0.2) is 0 Å². The van der Waals surface area contributed by atoms with Crippen molar-refractivity contribution in [2.24, 2.45) is 5.92 Å². The van der Waals surface area contributed by atoms with E-state index in [2.05, 4.69) is 28.2 Å². The highest BCUT2D eigenvalue weighted by Gasteiger charge is 2.26. The van der Waals surface area contributed by atoms with E-state index in [9.17, 15) is 4.79 Å². The molecule has 1 aromatic heterocycles. The number of nitrogens with one attached hydrogen (secondary N) is 1. The second kappa shape index (κ2) is 7.52. The Morgan fingerprint density at radius 2 is 2.05 bits per heavy atom. The Balaban J connectivity index is 1.87. The Kier molecular flexibility index (Phi) is 5.70. The van der Waals surface area contributed by atoms with Crippen molar-refractivity contribution in [1.29, 1.82) is 0 Å². The van der Waals surface area contributed by atoms with Crippen LogP contribution in [0.5, 0.6) is 0 Å². The number of nitrogens with zero attached hydrogens (tertiary/aromatic N) is 3. The Morgan fingerprint density at radius 3 is 2.62 bits per heavy atom. The maximum absolute atomic E-state index is 12.3. The van der Waals surface area contributed by atoms with Crippen molar-refractivity contribution in [2.75, 3.05) is 39.8 Å². The molecule has 2 rings (SSSR count). The van der Waals surface area contributed by atoms with Gasteiger partial charge in [0.25, 0.3) is 0 Å². The van der Waals surface area contributed by atoms with Crippen LogP contribution < -0.4 is 5.32 Å². The fourth-order valence-corrected chi connectivity index (χ4v) is 2.87. The van der Waals surface area contributed by atoms with Crippen molar-refractivity contribution in [3.63, 3.8) is 0 Å². The average molecular weight is 290 g/mol. The van der Waals surface area contributed by atoms with Gasteiger partial charge in [-0.15, -0.1) is 0 Å². The summed E-state index contributed by atoms with van der Waals surface area (Å²) in [5, 5.41) is 3.07. The molecule has 1 aliphatic heterocycles. The molecule has 0 saturated carbocycles. The van der Waals surface area contributed by atoms with Crippen molar-refractivity contribution < 1.29 is 4.79 Å². The molecular formula is C16H26N4O. The molecule has 1 aliphatic rings. The summed E-state index contributed by atoms with van der Waals surface area (Å²) in [6.45, 7) is 8.42. The molecular weight excluding hydrogens is 264 g/mol. The molecule has 2 atom stereocenters. The summed E-state index contributed by atoms with van der Waals surface area (Å²) in [5.74, 6) is 0.315. The molecule has 2 unspecified atom stereocenters. The van der Waals surface area contributed by atoms with E-state index in [0.29, 0.717) is 6.04 Å². The summed E-state index contributed by atoms with van der Waals surface area (Å²) >= 11 is 0. The second-order valence-corrected chi connectivity index (χ2v) is 5.78. The van der Waals surface area contributed by atoms with Crippen LogP contribution in [0.1, 0.15) is 25.5 Å². The molecule has 1 N–H and O–H groups in total. The number of carbonyl (C=O) groups excluding carboxylic acids is 1. The molecule has 116 valence electrons. The van der Waals surface area contributed by atoms with Crippen LogP contribution in [0.25, 0.3) is 0 Å². The maximum Gasteiger partial charge on any atom is 0.226 e. The van der Waals surface area contributed by atoms with E-state index >= 15 is 0 Å². The predicted molar refractivity (Wildman–Crippen MR) is 83.9 cm³/mol. The summed E-state index contributed by atoms with van der Waals surface area (Å²) < 4.78 is 0. The van der Waals surface area contributed by atoms with Crippen LogP contribution in [-0.2, 0) is 4.79 Å². The maximum atomic E-state index is 12.3. The van der Waals surface area contributed by atoms with Gasteiger partial charge < -0.3 is 10.2 Å². The predicted octanol–water partition coefficient (Wildman–Crippen LogP) is 1.14. The van der Waals surface area contributed by atoms with Crippen LogP contribution in [0.15, 0.2) is 24.5 Å². The van der Waals surface area contributed by atoms with Crippen LogP contribution in [-0.4, -0.2) is 60.5 Å². The highest BCUT2D eigenvalue weighted by Crippen LogP contribution is 2.21. The molecule has 0 aliphatic carbocycles. The van der Waals surface area contributed by atoms with E-state index in [1.807, 2.05) is 31.1 Å². The smallest absolute Gasteiger partial charge is 0.226 e. The van der Waals surface area contributed by atoms with Crippen molar-refractivity contribution in [3.8, 4) is 0 Å². The summed E-state index contributed by atoms with van der Waals surface area (Å²) in [6.07, 6.45) is 3.73. The summed E-state index contributed by atoms with van der Waals surface area (Å²) in [7, 11) is 1.89. The van der Waals surface area contributed by atoms with E-state index in [0.717, 1.165) is 32.7 Å². The van der Waals surface area contributed by atoms with Gasteiger partial charge in [0, 0.05) is 57.1 Å². The first-order chi connectivity index (χ1) is 10.1. The third-order valence-corrected chi connectivity index (χ3v) is 4.27. The lowest BCUT2D eigenvalue weighted by atomic mass is 10.1. The van der Waals surface area contributed by atoms with Gasteiger partial charge in [0.2, 0.25) is 5.91 Å². The van der Waals surface area contributed by atoms with Crippen molar-refractivity contribution in [2.45, 2.75) is 19.9 Å². The molecule has 1 saturated heterocycles. The van der Waals surface area contributed by atoms with Crippen molar-refractivity contribution in [3.05, 3.63) is 30.1 Å². The van der Waals surface area contributed by atoms with E-state index in [4.69, 9.17) is 0 Å². The molecule has 0 aromatic carbocycles. The zero-order chi connectivity index (χ0) is 15.2. The first-order valence-corrected chi connectivity index (χ1v) is 7.71. The van der Waals surface area contributed by atoms with Crippen molar-refractivity contribution >= 4 is 5.91 Å². The van der Waals surface area contributed by atoms with Gasteiger partial charge in [-0.3, -0.25) is 14.7 Å². The van der Waals surface area contributed by atoms with Gasteiger partial charge in [-0.2, -0.15) is 0 Å². The fraction of sp³-hybridized carbons (Fsp3) is 0.625. The Morgan fingerprint density at radius 1 is 1.33 bits per heavy atom. The standard InChI is InChI=1S/C16H26N4O/c1-13(11-17-3)16(21)20-9-7-19(8-10-20)14(2)15-5-4-6-18-12-15/h4-6,12-14,17H,7-11H2,1-3H3. The number of hydrogen-bond acceptors (Lipinski definition) is 4. The first kappa shape index (κ1) is 15.9. The molecule has 0 bridgehead atoms. The van der Waals surface area contributed by atoms with E-state index < -0.39 is 0 Å². The van der Waals surface area contributed by atoms with Crippen LogP contribution in [0, 0.1) is 5.92 Å². The van der Waals surface area contributed by atoms with Crippen molar-refractivity contribution in [1.82, 2.24) is 20.1 Å². The Labute approximate surface area is 127 Å². The molecule has 1 amide bonds. The number of hydrogen-bond donors (Lipinski definition) is 1. The SMILES string of the molecule is CNCC(C)C(=O)N1CCN(C(C)c2cccnc2)CC1. The molecule has 0 spiro atoms. The normalized spacial score (nSPS) is 19.3. The lowest BCUT2D eigenvalue weighted by molar-refractivity contribution is -0.136. The molecule has 21 heavy (non-hydrogen) atoms. The zero-order valence-electron chi connectivity index (χ0n) is 13.2. The number of piperazine rings is 1. The zero-order valence-corrected chi connectivity index (χ0v) is 13.2. The number of carbonyl (C=O) groups is 1. The largest absolute Gasteiger partial charge is 0.340 e.